The number of ketones is 1. The molecule has 5 heteroatoms. The van der Waals surface area contributed by atoms with Crippen molar-refractivity contribution in [3.8, 4) is 0 Å². The van der Waals surface area contributed by atoms with Crippen molar-refractivity contribution in [2.75, 3.05) is 5.32 Å². The first-order valence-corrected chi connectivity index (χ1v) is 6.02. The number of hydrogen-bond acceptors (Lipinski definition) is 2. The summed E-state index contributed by atoms with van der Waals surface area (Å²) in [7, 11) is 4.49. The van der Waals surface area contributed by atoms with Gasteiger partial charge >= 0.3 is 27.7 Å². The molecule has 1 N–H and O–H groups in total. The molecule has 0 radical (unpaired) electrons. The Bertz CT molecular complexity index is 316. The summed E-state index contributed by atoms with van der Waals surface area (Å²) < 4.78 is 0. The first kappa shape index (κ1) is 14.2. The van der Waals surface area contributed by atoms with E-state index in [0.717, 1.165) is 6.42 Å². The summed E-state index contributed by atoms with van der Waals surface area (Å²) in [5, 5.41) is 2.56. The fourth-order valence-electron chi connectivity index (χ4n) is 0.884. The van der Waals surface area contributed by atoms with Crippen molar-refractivity contribution in [2.24, 2.45) is 0 Å². The van der Waals surface area contributed by atoms with E-state index < -0.39 is 5.91 Å². The molecule has 0 atom stereocenters. The maximum absolute atomic E-state index is 11.0. The number of carbonyl (C=O) groups is 2. The molecule has 15 heavy (non-hydrogen) atoms. The van der Waals surface area contributed by atoms with Gasteiger partial charge in [0, 0.05) is 11.5 Å². The number of halogens is 1. The van der Waals surface area contributed by atoms with Crippen LogP contribution in [0.5, 0.6) is 0 Å². The van der Waals surface area contributed by atoms with Crippen molar-refractivity contribution >= 4 is 26.9 Å². The van der Waals surface area contributed by atoms with E-state index in [-0.39, 0.29) is 5.78 Å². The Morgan fingerprint density at radius 1 is 1.27 bits per heavy atom. The Labute approximate surface area is 104 Å². The van der Waals surface area contributed by atoms with Crippen LogP contribution in [0.15, 0.2) is 30.3 Å². The van der Waals surface area contributed by atoms with Gasteiger partial charge in [-0.25, -0.2) is 6.42 Å². The average Bonchev–Trinajstić information content (AvgIpc) is 2.21. The van der Waals surface area contributed by atoms with E-state index in [1.807, 2.05) is 18.2 Å². The second kappa shape index (κ2) is 8.49. The number of benzene rings is 1. The minimum atomic E-state index is -0.390. The number of anilines is 1. The molecular weight excluding hydrogens is 308 g/mol. The molecule has 0 bridgehead atoms. The molecule has 1 amide bonds. The molecule has 1 aromatic carbocycles. The predicted molar refractivity (Wildman–Crippen MR) is 55.9 cm³/mol. The average molecular weight is 318 g/mol. The van der Waals surface area contributed by atoms with Crippen molar-refractivity contribution in [1.29, 1.82) is 0 Å². The zero-order chi connectivity index (χ0) is 11.7. The summed E-state index contributed by atoms with van der Waals surface area (Å²) in [5.74, 6) is -0.646. The molecule has 0 saturated heterocycles. The van der Waals surface area contributed by atoms with E-state index in [2.05, 4.69) is 33.0 Å². The number of amides is 1. The van der Waals surface area contributed by atoms with Gasteiger partial charge in [0.1, 0.15) is 0 Å². The molecular formula is C10H10ClNO2Pd. The number of carbonyl (C=O) groups excluding carboxylic acids is 2. The topological polar surface area (TPSA) is 46.2 Å². The quantitative estimate of drug-likeness (QED) is 0.527. The molecule has 0 heterocycles. The Kier molecular flexibility index (Phi) is 8.02. The summed E-state index contributed by atoms with van der Waals surface area (Å²) in [6.45, 7) is 1.34. The third-order valence-corrected chi connectivity index (χ3v) is 1.38. The van der Waals surface area contributed by atoms with Crippen LogP contribution in [0.1, 0.15) is 6.92 Å². The molecule has 0 saturated carbocycles. The van der Waals surface area contributed by atoms with Crippen LogP contribution >= 0.6 is 9.53 Å². The molecule has 1 rings (SSSR count). The number of para-hydroxylation sites is 1. The molecule has 3 nitrogen and oxygen atoms in total. The van der Waals surface area contributed by atoms with Crippen LogP contribution in [0.25, 0.3) is 0 Å². The molecule has 0 aliphatic heterocycles. The van der Waals surface area contributed by atoms with E-state index in [9.17, 15) is 9.59 Å². The minimum absolute atomic E-state index is 0.256. The van der Waals surface area contributed by atoms with Crippen LogP contribution in [-0.4, -0.2) is 11.7 Å². The summed E-state index contributed by atoms with van der Waals surface area (Å²) >= 11 is 2.22. The zero-order valence-electron chi connectivity index (χ0n) is 7.97. The number of Topliss-reactive ketones (excluding diaryl/α,β-unsaturated/α-hetero) is 1. The fourth-order valence-corrected chi connectivity index (χ4v) is 0.884. The van der Waals surface area contributed by atoms with Crippen LogP contribution in [0, 0.1) is 6.42 Å². The van der Waals surface area contributed by atoms with Crippen molar-refractivity contribution in [1.82, 2.24) is 0 Å². The fraction of sp³-hybridized carbons (Fsp3) is 0.100. The monoisotopic (exact) mass is 317 g/mol. The van der Waals surface area contributed by atoms with Crippen molar-refractivity contribution in [2.45, 2.75) is 6.92 Å². The van der Waals surface area contributed by atoms with Crippen LogP contribution in [-0.2, 0) is 27.8 Å². The molecule has 0 fully saturated rings. The maximum atomic E-state index is 11.0. The SMILES string of the molecule is CC(=O)[CH-]C(=O)Nc1ccccc1.[Cl][Pd+]. The summed E-state index contributed by atoms with van der Waals surface area (Å²) in [6, 6.07) is 8.98. The summed E-state index contributed by atoms with van der Waals surface area (Å²) in [6.07, 6.45) is 1.02. The van der Waals surface area contributed by atoms with Gasteiger partial charge in [0.05, 0.1) is 5.91 Å². The van der Waals surface area contributed by atoms with E-state index in [1.165, 1.54) is 6.92 Å². The Morgan fingerprint density at radius 3 is 2.27 bits per heavy atom. The number of nitrogens with one attached hydrogen (secondary N) is 1. The van der Waals surface area contributed by atoms with Crippen LogP contribution < -0.4 is 5.32 Å². The predicted octanol–water partition coefficient (Wildman–Crippen LogP) is 2.11. The van der Waals surface area contributed by atoms with Crippen LogP contribution in [0.2, 0.25) is 0 Å². The van der Waals surface area contributed by atoms with Crippen molar-refractivity contribution in [3.63, 3.8) is 0 Å². The van der Waals surface area contributed by atoms with Crippen molar-refractivity contribution in [3.05, 3.63) is 36.8 Å². The molecule has 84 valence electrons. The molecule has 0 unspecified atom stereocenters. The van der Waals surface area contributed by atoms with E-state index in [1.54, 1.807) is 12.1 Å². The van der Waals surface area contributed by atoms with E-state index >= 15 is 0 Å². The molecule has 0 aliphatic rings. The third-order valence-electron chi connectivity index (χ3n) is 1.38. The second-order valence-electron chi connectivity index (χ2n) is 2.61. The van der Waals surface area contributed by atoms with Gasteiger partial charge in [-0.05, 0) is 19.1 Å². The van der Waals surface area contributed by atoms with Crippen LogP contribution in [0.4, 0.5) is 5.69 Å². The Balaban J connectivity index is 0.000000921. The van der Waals surface area contributed by atoms with Crippen LogP contribution in [0.3, 0.4) is 0 Å². The third kappa shape index (κ3) is 7.15. The van der Waals surface area contributed by atoms with Gasteiger partial charge in [0.2, 0.25) is 0 Å². The van der Waals surface area contributed by atoms with Gasteiger partial charge in [0.15, 0.2) is 0 Å². The van der Waals surface area contributed by atoms with Gasteiger partial charge in [-0.3, -0.25) is 0 Å². The van der Waals surface area contributed by atoms with Gasteiger partial charge in [0.25, 0.3) is 0 Å². The van der Waals surface area contributed by atoms with Gasteiger partial charge in [-0.1, -0.05) is 18.2 Å². The van der Waals surface area contributed by atoms with Gasteiger partial charge in [-0.15, -0.1) is 0 Å². The Morgan fingerprint density at radius 2 is 1.80 bits per heavy atom. The normalized spacial score (nSPS) is 8.27. The standard InChI is InChI=1S/C10H10NO2.ClH.Pd/c1-8(12)7-10(13)11-9-5-3-2-4-6-9;;/h2-7H,1H3,(H,11,13);1H;/q-1;;+2/p-1. The first-order valence-electron chi connectivity index (χ1n) is 4.02. The molecule has 0 aromatic heterocycles. The second-order valence-corrected chi connectivity index (χ2v) is 2.61. The van der Waals surface area contributed by atoms with Gasteiger partial charge < -0.3 is 14.9 Å². The summed E-state index contributed by atoms with van der Waals surface area (Å²) in [4.78, 5) is 21.6. The molecule has 0 spiro atoms. The Hall–Kier alpha value is -0.818. The van der Waals surface area contributed by atoms with E-state index in [4.69, 9.17) is 0 Å². The number of hydrogen-bond donors (Lipinski definition) is 1. The van der Waals surface area contributed by atoms with Gasteiger partial charge in [-0.2, -0.15) is 0 Å². The summed E-state index contributed by atoms with van der Waals surface area (Å²) in [5.41, 5.74) is 0.685. The number of rotatable bonds is 3. The molecule has 1 aromatic rings. The zero-order valence-corrected chi connectivity index (χ0v) is 10.3. The van der Waals surface area contributed by atoms with Crippen molar-refractivity contribution < 1.29 is 27.8 Å². The van der Waals surface area contributed by atoms with E-state index in [0.29, 0.717) is 5.69 Å². The first-order chi connectivity index (χ1) is 7.18. The molecule has 0 aliphatic carbocycles.